The highest BCUT2D eigenvalue weighted by molar-refractivity contribution is 7.92. The third-order valence-electron chi connectivity index (χ3n) is 3.23. The second kappa shape index (κ2) is 5.73. The third kappa shape index (κ3) is 3.02. The van der Waals surface area contributed by atoms with E-state index < -0.39 is 10.0 Å². The first-order chi connectivity index (χ1) is 11.0. The van der Waals surface area contributed by atoms with Gasteiger partial charge in [0.05, 0.1) is 15.9 Å². The Labute approximate surface area is 133 Å². The van der Waals surface area contributed by atoms with Crippen molar-refractivity contribution in [2.24, 2.45) is 0 Å². The van der Waals surface area contributed by atoms with E-state index in [4.69, 9.17) is 5.73 Å². The number of benzene rings is 2. The lowest BCUT2D eigenvalue weighted by molar-refractivity contribution is 0.601. The van der Waals surface area contributed by atoms with Gasteiger partial charge in [0.2, 0.25) is 0 Å². The summed E-state index contributed by atoms with van der Waals surface area (Å²) in [5.41, 5.74) is 7.35. The Bertz CT molecular complexity index is 955. The van der Waals surface area contributed by atoms with Gasteiger partial charge in [0, 0.05) is 12.7 Å². The van der Waals surface area contributed by atoms with Crippen molar-refractivity contribution in [1.29, 1.82) is 0 Å². The lowest BCUT2D eigenvalue weighted by atomic mass is 10.3. The van der Waals surface area contributed by atoms with E-state index in [0.29, 0.717) is 22.5 Å². The van der Waals surface area contributed by atoms with Crippen LogP contribution >= 0.6 is 0 Å². The zero-order valence-corrected chi connectivity index (χ0v) is 13.1. The van der Waals surface area contributed by atoms with Gasteiger partial charge in [-0.25, -0.2) is 18.4 Å². The summed E-state index contributed by atoms with van der Waals surface area (Å²) in [4.78, 5) is 8.80. The zero-order chi connectivity index (χ0) is 16.4. The molecule has 2 aromatic carbocycles. The third-order valence-corrected chi connectivity index (χ3v) is 4.58. The summed E-state index contributed by atoms with van der Waals surface area (Å²) in [6.45, 7) is 0. The molecular formula is C15H15N5O2S. The number of nitrogens with zero attached hydrogens (tertiary/aromatic N) is 2. The molecule has 0 amide bonds. The van der Waals surface area contributed by atoms with E-state index in [0.717, 1.165) is 0 Å². The Kier molecular flexibility index (Phi) is 3.75. The van der Waals surface area contributed by atoms with E-state index >= 15 is 0 Å². The maximum absolute atomic E-state index is 12.5. The summed E-state index contributed by atoms with van der Waals surface area (Å²) in [7, 11) is -2.13. The van der Waals surface area contributed by atoms with Gasteiger partial charge in [0.1, 0.15) is 0 Å². The Morgan fingerprint density at radius 2 is 1.48 bits per heavy atom. The number of nitrogens with two attached hydrogens (primary N) is 1. The molecular weight excluding hydrogens is 314 g/mol. The van der Waals surface area contributed by atoms with Crippen molar-refractivity contribution in [3.63, 3.8) is 0 Å². The first-order valence-corrected chi connectivity index (χ1v) is 8.31. The number of aromatic nitrogens is 2. The second-order valence-corrected chi connectivity index (χ2v) is 6.52. The second-order valence-electron chi connectivity index (χ2n) is 4.83. The highest BCUT2D eigenvalue weighted by Gasteiger charge is 2.18. The molecule has 4 N–H and O–H groups in total. The number of hydrogen-bond acceptors (Lipinski definition) is 6. The minimum absolute atomic E-state index is 0.101. The SMILES string of the molecule is CNc1nc2ccccc2nc1NS(=O)(=O)c1ccc(N)cc1. The van der Waals surface area contributed by atoms with Gasteiger partial charge in [-0.3, -0.25) is 4.72 Å². The van der Waals surface area contributed by atoms with Crippen LogP contribution in [-0.2, 0) is 10.0 Å². The Morgan fingerprint density at radius 1 is 0.913 bits per heavy atom. The fourth-order valence-electron chi connectivity index (χ4n) is 2.08. The molecule has 0 spiro atoms. The first kappa shape index (κ1) is 15.0. The summed E-state index contributed by atoms with van der Waals surface area (Å²) in [5.74, 6) is 0.491. The molecule has 0 saturated carbocycles. The summed E-state index contributed by atoms with van der Waals surface area (Å²) in [6.07, 6.45) is 0. The minimum atomic E-state index is -3.78. The molecule has 23 heavy (non-hydrogen) atoms. The van der Waals surface area contributed by atoms with E-state index in [1.54, 1.807) is 19.2 Å². The van der Waals surface area contributed by atoms with Crippen molar-refractivity contribution < 1.29 is 8.42 Å². The summed E-state index contributed by atoms with van der Waals surface area (Å²) in [5, 5.41) is 2.85. The van der Waals surface area contributed by atoms with Crippen LogP contribution in [0.25, 0.3) is 11.0 Å². The molecule has 0 fully saturated rings. The molecule has 0 bridgehead atoms. The summed E-state index contributed by atoms with van der Waals surface area (Å²) >= 11 is 0. The van der Waals surface area contributed by atoms with Gasteiger partial charge in [-0.05, 0) is 36.4 Å². The van der Waals surface area contributed by atoms with Gasteiger partial charge in [-0.15, -0.1) is 0 Å². The highest BCUT2D eigenvalue weighted by atomic mass is 32.2. The van der Waals surface area contributed by atoms with Crippen LogP contribution in [0.3, 0.4) is 0 Å². The van der Waals surface area contributed by atoms with Gasteiger partial charge in [-0.2, -0.15) is 0 Å². The zero-order valence-electron chi connectivity index (χ0n) is 12.3. The van der Waals surface area contributed by atoms with E-state index in [1.807, 2.05) is 12.1 Å². The molecule has 0 aliphatic heterocycles. The molecule has 3 aromatic rings. The summed E-state index contributed by atoms with van der Waals surface area (Å²) < 4.78 is 27.4. The molecule has 0 atom stereocenters. The van der Waals surface area contributed by atoms with Crippen LogP contribution in [0.5, 0.6) is 0 Å². The Hall–Kier alpha value is -2.87. The maximum atomic E-state index is 12.5. The van der Waals surface area contributed by atoms with Gasteiger partial charge in [0.25, 0.3) is 10.0 Å². The Balaban J connectivity index is 2.04. The average molecular weight is 329 g/mol. The normalized spacial score (nSPS) is 11.3. The fourth-order valence-corrected chi connectivity index (χ4v) is 3.09. The minimum Gasteiger partial charge on any atom is -0.399 e. The van der Waals surface area contributed by atoms with Crippen molar-refractivity contribution in [2.75, 3.05) is 22.8 Å². The number of rotatable bonds is 4. The van der Waals surface area contributed by atoms with E-state index in [9.17, 15) is 8.42 Å². The average Bonchev–Trinajstić information content (AvgIpc) is 2.54. The smallest absolute Gasteiger partial charge is 0.263 e. The Morgan fingerprint density at radius 3 is 2.04 bits per heavy atom. The molecule has 0 radical (unpaired) electrons. The van der Waals surface area contributed by atoms with Crippen LogP contribution in [0.1, 0.15) is 0 Å². The predicted molar refractivity (Wildman–Crippen MR) is 90.7 cm³/mol. The standard InChI is InChI=1S/C15H15N5O2S/c1-17-14-15(19-13-5-3-2-4-12(13)18-14)20-23(21,22)11-8-6-10(16)7-9-11/h2-9H,16H2,1H3,(H,17,18)(H,19,20). The van der Waals surface area contributed by atoms with E-state index in [-0.39, 0.29) is 10.7 Å². The van der Waals surface area contributed by atoms with Crippen LogP contribution in [0.15, 0.2) is 53.4 Å². The van der Waals surface area contributed by atoms with Gasteiger partial charge in [-0.1, -0.05) is 12.1 Å². The van der Waals surface area contributed by atoms with Crippen molar-refractivity contribution in [2.45, 2.75) is 4.90 Å². The number of hydrogen-bond donors (Lipinski definition) is 3. The van der Waals surface area contributed by atoms with Crippen molar-refractivity contribution >= 4 is 38.4 Å². The number of sulfonamides is 1. The first-order valence-electron chi connectivity index (χ1n) is 6.82. The molecule has 8 heteroatoms. The van der Waals surface area contributed by atoms with Crippen LogP contribution in [0, 0.1) is 0 Å². The number of fused-ring (bicyclic) bond motifs is 1. The monoisotopic (exact) mass is 329 g/mol. The molecule has 118 valence electrons. The summed E-state index contributed by atoms with van der Waals surface area (Å²) in [6, 6.07) is 13.2. The molecule has 7 nitrogen and oxygen atoms in total. The van der Waals surface area contributed by atoms with Gasteiger partial charge in [0.15, 0.2) is 11.6 Å². The largest absolute Gasteiger partial charge is 0.399 e. The molecule has 1 heterocycles. The number of anilines is 3. The van der Waals surface area contributed by atoms with Crippen molar-refractivity contribution in [1.82, 2.24) is 9.97 Å². The number of nitrogen functional groups attached to an aromatic ring is 1. The lowest BCUT2D eigenvalue weighted by Crippen LogP contribution is -2.16. The van der Waals surface area contributed by atoms with Crippen LogP contribution in [0.4, 0.5) is 17.3 Å². The molecule has 3 rings (SSSR count). The molecule has 1 aromatic heterocycles. The van der Waals surface area contributed by atoms with Crippen LogP contribution < -0.4 is 15.8 Å². The molecule has 0 saturated heterocycles. The predicted octanol–water partition coefficient (Wildman–Crippen LogP) is 2.05. The topological polar surface area (TPSA) is 110 Å². The molecule has 0 aliphatic carbocycles. The van der Waals surface area contributed by atoms with Crippen LogP contribution in [0.2, 0.25) is 0 Å². The van der Waals surface area contributed by atoms with E-state index in [1.165, 1.54) is 24.3 Å². The quantitative estimate of drug-likeness (QED) is 0.632. The van der Waals surface area contributed by atoms with Crippen LogP contribution in [-0.4, -0.2) is 25.4 Å². The van der Waals surface area contributed by atoms with Gasteiger partial charge < -0.3 is 11.1 Å². The molecule has 0 aliphatic rings. The van der Waals surface area contributed by atoms with Crippen molar-refractivity contribution in [3.05, 3.63) is 48.5 Å². The maximum Gasteiger partial charge on any atom is 0.263 e. The van der Waals surface area contributed by atoms with Gasteiger partial charge >= 0.3 is 0 Å². The van der Waals surface area contributed by atoms with Crippen molar-refractivity contribution in [3.8, 4) is 0 Å². The molecule has 0 unspecified atom stereocenters. The highest BCUT2D eigenvalue weighted by Crippen LogP contribution is 2.24. The van der Waals surface area contributed by atoms with E-state index in [2.05, 4.69) is 20.0 Å². The lowest BCUT2D eigenvalue weighted by Gasteiger charge is -2.12. The number of nitrogens with one attached hydrogen (secondary N) is 2. The fraction of sp³-hybridized carbons (Fsp3) is 0.0667. The number of para-hydroxylation sites is 2.